The van der Waals surface area contributed by atoms with E-state index in [1.54, 1.807) is 14.2 Å². The van der Waals surface area contributed by atoms with E-state index >= 15 is 0 Å². The summed E-state index contributed by atoms with van der Waals surface area (Å²) in [5.74, 6) is 0.859. The van der Waals surface area contributed by atoms with Crippen LogP contribution < -0.4 is 4.74 Å². The zero-order valence-corrected chi connectivity index (χ0v) is 17.4. The number of aliphatic hydroxyl groups excluding tert-OH is 1. The average Bonchev–Trinajstić information content (AvgIpc) is 3.00. The van der Waals surface area contributed by atoms with Gasteiger partial charge in [0.05, 0.1) is 43.3 Å². The lowest BCUT2D eigenvalue weighted by Gasteiger charge is -2.17. The first kappa shape index (κ1) is 20.2. The molecule has 1 N–H and O–H groups in total. The molecule has 0 aliphatic heterocycles. The summed E-state index contributed by atoms with van der Waals surface area (Å²) in [7, 11) is 3.24. The molecular formula is C21H28N4O3. The van der Waals surface area contributed by atoms with E-state index in [9.17, 15) is 5.11 Å². The van der Waals surface area contributed by atoms with E-state index in [1.807, 2.05) is 36.7 Å². The first-order valence-electron chi connectivity index (χ1n) is 9.42. The number of ether oxygens (including phenoxy) is 2. The van der Waals surface area contributed by atoms with Crippen molar-refractivity contribution in [2.45, 2.75) is 39.7 Å². The van der Waals surface area contributed by atoms with E-state index in [0.717, 1.165) is 39.4 Å². The van der Waals surface area contributed by atoms with Crippen LogP contribution in [0.3, 0.4) is 0 Å². The highest BCUT2D eigenvalue weighted by atomic mass is 16.5. The van der Waals surface area contributed by atoms with Crippen molar-refractivity contribution in [2.75, 3.05) is 27.4 Å². The molecule has 1 unspecified atom stereocenters. The SMILES string of the molecule is COCC(CO)n1cc(C)c2nc(-c3ccc(C(C)C)nc3OC)c(C)nc21. The second-order valence-electron chi connectivity index (χ2n) is 7.29. The van der Waals surface area contributed by atoms with Crippen molar-refractivity contribution < 1.29 is 14.6 Å². The molecule has 3 aromatic heterocycles. The van der Waals surface area contributed by atoms with Crippen LogP contribution in [0.25, 0.3) is 22.4 Å². The molecule has 3 rings (SSSR count). The smallest absolute Gasteiger partial charge is 0.222 e. The number of rotatable bonds is 7. The molecule has 0 bridgehead atoms. The van der Waals surface area contributed by atoms with Gasteiger partial charge in [-0.3, -0.25) is 0 Å². The monoisotopic (exact) mass is 384 g/mol. The van der Waals surface area contributed by atoms with Crippen LogP contribution in [-0.2, 0) is 4.74 Å². The molecule has 0 fully saturated rings. The zero-order chi connectivity index (χ0) is 20.4. The molecule has 3 aromatic rings. The molecular weight excluding hydrogens is 356 g/mol. The van der Waals surface area contributed by atoms with Gasteiger partial charge in [0.1, 0.15) is 5.52 Å². The highest BCUT2D eigenvalue weighted by Crippen LogP contribution is 2.33. The second-order valence-corrected chi connectivity index (χ2v) is 7.29. The molecule has 7 nitrogen and oxygen atoms in total. The minimum Gasteiger partial charge on any atom is -0.480 e. The second kappa shape index (κ2) is 8.24. The van der Waals surface area contributed by atoms with E-state index in [-0.39, 0.29) is 12.6 Å². The number of aliphatic hydroxyl groups is 1. The molecule has 0 aromatic carbocycles. The Balaban J connectivity index is 2.17. The molecule has 1 atom stereocenters. The highest BCUT2D eigenvalue weighted by Gasteiger charge is 2.20. The molecule has 0 saturated carbocycles. The van der Waals surface area contributed by atoms with Gasteiger partial charge in [-0.2, -0.15) is 0 Å². The Morgan fingerprint density at radius 2 is 1.86 bits per heavy atom. The Kier molecular flexibility index (Phi) is 5.96. The summed E-state index contributed by atoms with van der Waals surface area (Å²) in [6, 6.07) is 3.80. The molecule has 3 heterocycles. The zero-order valence-electron chi connectivity index (χ0n) is 17.4. The normalized spacial score (nSPS) is 12.7. The Hall–Kier alpha value is -2.51. The topological polar surface area (TPSA) is 82.3 Å². The molecule has 0 spiro atoms. The fraction of sp³-hybridized carbons (Fsp3) is 0.476. The van der Waals surface area contributed by atoms with Crippen molar-refractivity contribution in [1.82, 2.24) is 19.5 Å². The van der Waals surface area contributed by atoms with E-state index in [1.165, 1.54) is 0 Å². The van der Waals surface area contributed by atoms with E-state index < -0.39 is 0 Å². The number of methoxy groups -OCH3 is 2. The third-order valence-corrected chi connectivity index (χ3v) is 4.89. The lowest BCUT2D eigenvalue weighted by molar-refractivity contribution is 0.116. The molecule has 0 aliphatic rings. The molecule has 7 heteroatoms. The minimum atomic E-state index is -0.206. The number of aromatic nitrogens is 4. The van der Waals surface area contributed by atoms with Gasteiger partial charge in [0, 0.05) is 19.0 Å². The summed E-state index contributed by atoms with van der Waals surface area (Å²) in [6.07, 6.45) is 1.96. The van der Waals surface area contributed by atoms with E-state index in [4.69, 9.17) is 19.4 Å². The Bertz CT molecular complexity index is 981. The largest absolute Gasteiger partial charge is 0.480 e. The summed E-state index contributed by atoms with van der Waals surface area (Å²) in [6.45, 7) is 8.48. The predicted molar refractivity (Wildman–Crippen MR) is 109 cm³/mol. The maximum Gasteiger partial charge on any atom is 0.222 e. The van der Waals surface area contributed by atoms with Crippen molar-refractivity contribution in [3.8, 4) is 17.1 Å². The van der Waals surface area contributed by atoms with Crippen LogP contribution in [0.5, 0.6) is 5.88 Å². The number of nitrogens with zero attached hydrogens (tertiary/aromatic N) is 4. The van der Waals surface area contributed by atoms with Crippen molar-refractivity contribution in [3.63, 3.8) is 0 Å². The number of fused-ring (bicyclic) bond motifs is 1. The number of pyridine rings is 1. The highest BCUT2D eigenvalue weighted by molar-refractivity contribution is 5.81. The summed E-state index contributed by atoms with van der Waals surface area (Å²) in [5, 5.41) is 9.75. The van der Waals surface area contributed by atoms with Gasteiger partial charge >= 0.3 is 0 Å². The number of hydrogen-bond acceptors (Lipinski definition) is 6. The third kappa shape index (κ3) is 3.59. The lowest BCUT2D eigenvalue weighted by atomic mass is 10.1. The van der Waals surface area contributed by atoms with Gasteiger partial charge in [0.25, 0.3) is 0 Å². The molecule has 0 saturated heterocycles. The van der Waals surface area contributed by atoms with Gasteiger partial charge < -0.3 is 19.1 Å². The lowest BCUT2D eigenvalue weighted by Crippen LogP contribution is -2.18. The fourth-order valence-electron chi connectivity index (χ4n) is 3.34. The van der Waals surface area contributed by atoms with Crippen LogP contribution in [0, 0.1) is 13.8 Å². The van der Waals surface area contributed by atoms with Gasteiger partial charge in [0.2, 0.25) is 5.88 Å². The van der Waals surface area contributed by atoms with Crippen molar-refractivity contribution >= 4 is 11.2 Å². The van der Waals surface area contributed by atoms with Crippen LogP contribution in [0.2, 0.25) is 0 Å². The van der Waals surface area contributed by atoms with Crippen molar-refractivity contribution in [1.29, 1.82) is 0 Å². The van der Waals surface area contributed by atoms with Crippen LogP contribution in [0.15, 0.2) is 18.3 Å². The molecule has 0 radical (unpaired) electrons. The summed E-state index contributed by atoms with van der Waals surface area (Å²) in [4.78, 5) is 14.3. The molecule has 28 heavy (non-hydrogen) atoms. The fourth-order valence-corrected chi connectivity index (χ4v) is 3.34. The number of aryl methyl sites for hydroxylation is 2. The van der Waals surface area contributed by atoms with E-state index in [2.05, 4.69) is 18.8 Å². The van der Waals surface area contributed by atoms with Gasteiger partial charge in [-0.05, 0) is 37.5 Å². The standard InChI is InChI=1S/C21H28N4O3/c1-12(2)17-8-7-16(21(23-17)28-6)19-14(4)22-20-18(24-19)13(3)9-25(20)15(10-26)11-27-5/h7-9,12,15,26H,10-11H2,1-6H3. The maximum absolute atomic E-state index is 9.75. The Morgan fingerprint density at radius 3 is 2.46 bits per heavy atom. The van der Waals surface area contributed by atoms with Crippen LogP contribution in [0.1, 0.15) is 42.8 Å². The van der Waals surface area contributed by atoms with Crippen LogP contribution >= 0.6 is 0 Å². The third-order valence-electron chi connectivity index (χ3n) is 4.89. The Morgan fingerprint density at radius 1 is 1.11 bits per heavy atom. The van der Waals surface area contributed by atoms with E-state index in [0.29, 0.717) is 18.4 Å². The van der Waals surface area contributed by atoms with Crippen LogP contribution in [0.4, 0.5) is 0 Å². The molecule has 0 aliphatic carbocycles. The van der Waals surface area contributed by atoms with Crippen LogP contribution in [-0.4, -0.2) is 52.1 Å². The maximum atomic E-state index is 9.75. The summed E-state index contributed by atoms with van der Waals surface area (Å²) < 4.78 is 12.7. The predicted octanol–water partition coefficient (Wildman–Crippen LogP) is 3.42. The van der Waals surface area contributed by atoms with Gasteiger partial charge in [-0.1, -0.05) is 13.8 Å². The molecule has 0 amide bonds. The van der Waals surface area contributed by atoms with Crippen molar-refractivity contribution in [3.05, 3.63) is 35.3 Å². The summed E-state index contributed by atoms with van der Waals surface area (Å²) >= 11 is 0. The molecule has 150 valence electrons. The first-order chi connectivity index (χ1) is 13.4. The van der Waals surface area contributed by atoms with Gasteiger partial charge in [-0.15, -0.1) is 0 Å². The quantitative estimate of drug-likeness (QED) is 0.672. The van der Waals surface area contributed by atoms with Crippen molar-refractivity contribution in [2.24, 2.45) is 0 Å². The van der Waals surface area contributed by atoms with Gasteiger partial charge in [-0.25, -0.2) is 15.0 Å². The average molecular weight is 384 g/mol. The minimum absolute atomic E-state index is 0.0338. The summed E-state index contributed by atoms with van der Waals surface area (Å²) in [5.41, 5.74) is 5.84. The number of hydrogen-bond donors (Lipinski definition) is 1. The van der Waals surface area contributed by atoms with Gasteiger partial charge in [0.15, 0.2) is 5.65 Å². The first-order valence-corrected chi connectivity index (χ1v) is 9.42. The Labute approximate surface area is 165 Å².